The van der Waals surface area contributed by atoms with E-state index in [2.05, 4.69) is 76.5 Å². The number of aryl methyl sites for hydroxylation is 1. The van der Waals surface area contributed by atoms with Crippen LogP contribution in [0.5, 0.6) is 0 Å². The van der Waals surface area contributed by atoms with E-state index in [0.717, 1.165) is 29.0 Å². The first-order chi connectivity index (χ1) is 10.1. The summed E-state index contributed by atoms with van der Waals surface area (Å²) in [5, 5.41) is -0.139. The smallest absolute Gasteiger partial charge is 0.132 e. The molecule has 0 aliphatic rings. The van der Waals surface area contributed by atoms with Gasteiger partial charge in [0.1, 0.15) is 5.82 Å². The highest BCUT2D eigenvalue weighted by atomic mass is 127. The molecule has 1 aromatic heterocycles. The van der Waals surface area contributed by atoms with Crippen molar-refractivity contribution in [3.8, 4) is 5.69 Å². The number of imidazole rings is 1. The van der Waals surface area contributed by atoms with Crippen molar-refractivity contribution in [1.82, 2.24) is 9.55 Å². The van der Waals surface area contributed by atoms with Gasteiger partial charge in [-0.3, -0.25) is 4.57 Å². The molecule has 0 aliphatic carbocycles. The molecule has 0 N–H and O–H groups in total. The summed E-state index contributed by atoms with van der Waals surface area (Å²) >= 11 is 8.67. The maximum absolute atomic E-state index is 6.36. The summed E-state index contributed by atoms with van der Waals surface area (Å²) in [7, 11) is 0. The maximum Gasteiger partial charge on any atom is 0.132 e. The summed E-state index contributed by atoms with van der Waals surface area (Å²) in [4.78, 5) is 4.73. The van der Waals surface area contributed by atoms with Crippen LogP contribution in [-0.2, 0) is 6.42 Å². The van der Waals surface area contributed by atoms with Gasteiger partial charge in [-0.25, -0.2) is 4.98 Å². The lowest BCUT2D eigenvalue weighted by molar-refractivity contribution is 0.881. The van der Waals surface area contributed by atoms with Gasteiger partial charge in [-0.1, -0.05) is 19.1 Å². The number of nitrogens with zero attached hydrogens (tertiary/aromatic N) is 2. The minimum Gasteiger partial charge on any atom is -0.295 e. The minimum atomic E-state index is -0.139. The molecule has 2 nitrogen and oxygen atoms in total. The van der Waals surface area contributed by atoms with Gasteiger partial charge in [-0.05, 0) is 71.8 Å². The highest BCUT2D eigenvalue weighted by Gasteiger charge is 2.16. The topological polar surface area (TPSA) is 17.8 Å². The Labute approximate surface area is 143 Å². The van der Waals surface area contributed by atoms with Crippen molar-refractivity contribution in [2.75, 3.05) is 0 Å². The van der Waals surface area contributed by atoms with Crippen LogP contribution in [0.4, 0.5) is 0 Å². The predicted octanol–water partition coefficient (Wildman–Crippen LogP) is 5.49. The van der Waals surface area contributed by atoms with Crippen LogP contribution in [0.1, 0.15) is 30.6 Å². The maximum atomic E-state index is 6.36. The molecule has 2 aromatic carbocycles. The molecule has 108 valence electrons. The van der Waals surface area contributed by atoms with Crippen LogP contribution in [0.3, 0.4) is 0 Å². The van der Waals surface area contributed by atoms with Crippen LogP contribution < -0.4 is 0 Å². The normalized spacial score (nSPS) is 12.8. The van der Waals surface area contributed by atoms with Gasteiger partial charge in [0.2, 0.25) is 0 Å². The fourth-order valence-electron chi connectivity index (χ4n) is 2.53. The Morgan fingerprint density at radius 3 is 2.76 bits per heavy atom. The fraction of sp³-hybridized carbons (Fsp3) is 0.235. The van der Waals surface area contributed by atoms with Gasteiger partial charge in [0, 0.05) is 9.26 Å². The van der Waals surface area contributed by atoms with E-state index in [-0.39, 0.29) is 5.38 Å². The Bertz CT molecular complexity index is 793. The molecular formula is C17H16ClIN2. The zero-order valence-corrected chi connectivity index (χ0v) is 14.9. The zero-order valence-electron chi connectivity index (χ0n) is 12.0. The monoisotopic (exact) mass is 410 g/mol. The minimum absolute atomic E-state index is 0.139. The average molecular weight is 411 g/mol. The molecule has 0 saturated heterocycles. The van der Waals surface area contributed by atoms with Crippen LogP contribution >= 0.6 is 34.2 Å². The van der Waals surface area contributed by atoms with Gasteiger partial charge in [-0.15, -0.1) is 11.6 Å². The predicted molar refractivity (Wildman–Crippen MR) is 97.4 cm³/mol. The second kappa shape index (κ2) is 5.97. The summed E-state index contributed by atoms with van der Waals surface area (Å²) in [6.45, 7) is 4.13. The fourth-order valence-corrected chi connectivity index (χ4v) is 3.15. The molecule has 0 amide bonds. The van der Waals surface area contributed by atoms with Crippen molar-refractivity contribution in [3.05, 3.63) is 57.4 Å². The molecule has 0 radical (unpaired) electrons. The molecule has 1 unspecified atom stereocenters. The van der Waals surface area contributed by atoms with Gasteiger partial charge < -0.3 is 0 Å². The van der Waals surface area contributed by atoms with Crippen molar-refractivity contribution < 1.29 is 0 Å². The van der Waals surface area contributed by atoms with E-state index < -0.39 is 0 Å². The van der Waals surface area contributed by atoms with E-state index in [1.165, 1.54) is 9.13 Å². The molecule has 0 spiro atoms. The molecular weight excluding hydrogens is 395 g/mol. The molecule has 0 bridgehead atoms. The molecule has 0 fully saturated rings. The Morgan fingerprint density at radius 1 is 1.24 bits per heavy atom. The van der Waals surface area contributed by atoms with Crippen molar-refractivity contribution in [1.29, 1.82) is 0 Å². The van der Waals surface area contributed by atoms with Gasteiger partial charge in [-0.2, -0.15) is 0 Å². The number of alkyl halides is 1. The molecule has 0 saturated carbocycles. The quantitative estimate of drug-likeness (QED) is 0.412. The summed E-state index contributed by atoms with van der Waals surface area (Å²) in [5.74, 6) is 0.891. The average Bonchev–Trinajstić information content (AvgIpc) is 2.86. The molecule has 1 atom stereocenters. The van der Waals surface area contributed by atoms with Crippen molar-refractivity contribution in [2.24, 2.45) is 0 Å². The van der Waals surface area contributed by atoms with E-state index in [1.54, 1.807) is 0 Å². The van der Waals surface area contributed by atoms with Gasteiger partial charge in [0.15, 0.2) is 0 Å². The number of halogens is 2. The van der Waals surface area contributed by atoms with Crippen LogP contribution in [0.25, 0.3) is 16.7 Å². The molecule has 0 aliphatic heterocycles. The Morgan fingerprint density at radius 2 is 2.05 bits per heavy atom. The number of rotatable bonds is 3. The first kappa shape index (κ1) is 14.9. The number of hydrogen-bond donors (Lipinski definition) is 0. The Hall–Kier alpha value is -1.07. The molecule has 4 heteroatoms. The highest BCUT2D eigenvalue weighted by molar-refractivity contribution is 14.1. The Balaban J connectivity index is 2.30. The van der Waals surface area contributed by atoms with Crippen LogP contribution in [-0.4, -0.2) is 9.55 Å². The van der Waals surface area contributed by atoms with Crippen LogP contribution in [0, 0.1) is 3.57 Å². The summed E-state index contributed by atoms with van der Waals surface area (Å²) < 4.78 is 3.35. The van der Waals surface area contributed by atoms with Crippen LogP contribution in [0.15, 0.2) is 42.5 Å². The van der Waals surface area contributed by atoms with Gasteiger partial charge >= 0.3 is 0 Å². The SMILES string of the molecule is CCc1cccc(-n2c(C(C)Cl)nc3cc(I)ccc32)c1. The lowest BCUT2D eigenvalue weighted by Crippen LogP contribution is -2.02. The largest absolute Gasteiger partial charge is 0.295 e. The van der Waals surface area contributed by atoms with Gasteiger partial charge in [0.05, 0.1) is 16.4 Å². The third-order valence-electron chi connectivity index (χ3n) is 3.58. The standard InChI is InChI=1S/C17H16ClIN2/c1-3-12-5-4-6-14(9-12)21-16-8-7-13(19)10-15(16)20-17(21)11(2)18/h4-11H,3H2,1-2H3. The Kier molecular flexibility index (Phi) is 4.22. The third-order valence-corrected chi connectivity index (χ3v) is 4.44. The number of fused-ring (bicyclic) bond motifs is 1. The zero-order chi connectivity index (χ0) is 15.0. The first-order valence-corrected chi connectivity index (χ1v) is 8.53. The van der Waals surface area contributed by atoms with E-state index >= 15 is 0 Å². The number of aromatic nitrogens is 2. The number of benzene rings is 2. The third kappa shape index (κ3) is 2.81. The van der Waals surface area contributed by atoms with E-state index in [1.807, 2.05) is 6.92 Å². The van der Waals surface area contributed by atoms with E-state index in [4.69, 9.17) is 16.6 Å². The highest BCUT2D eigenvalue weighted by Crippen LogP contribution is 2.29. The first-order valence-electron chi connectivity index (χ1n) is 7.01. The van der Waals surface area contributed by atoms with E-state index in [0.29, 0.717) is 0 Å². The number of hydrogen-bond acceptors (Lipinski definition) is 1. The molecule has 1 heterocycles. The second-order valence-electron chi connectivity index (χ2n) is 5.08. The molecule has 21 heavy (non-hydrogen) atoms. The molecule has 3 aromatic rings. The summed E-state index contributed by atoms with van der Waals surface area (Å²) in [6.07, 6.45) is 1.02. The summed E-state index contributed by atoms with van der Waals surface area (Å²) in [6, 6.07) is 14.9. The van der Waals surface area contributed by atoms with Crippen molar-refractivity contribution >= 4 is 45.2 Å². The van der Waals surface area contributed by atoms with E-state index in [9.17, 15) is 0 Å². The van der Waals surface area contributed by atoms with Gasteiger partial charge in [0.25, 0.3) is 0 Å². The second-order valence-corrected chi connectivity index (χ2v) is 6.98. The van der Waals surface area contributed by atoms with Crippen molar-refractivity contribution in [3.63, 3.8) is 0 Å². The lowest BCUT2D eigenvalue weighted by atomic mass is 10.1. The van der Waals surface area contributed by atoms with Crippen LogP contribution in [0.2, 0.25) is 0 Å². The lowest BCUT2D eigenvalue weighted by Gasteiger charge is -2.11. The molecule has 3 rings (SSSR count). The summed E-state index contributed by atoms with van der Waals surface area (Å²) in [5.41, 5.74) is 4.53. The van der Waals surface area contributed by atoms with Crippen molar-refractivity contribution in [2.45, 2.75) is 25.6 Å².